The number of nitrogens with zero attached hydrogens (tertiary/aromatic N) is 3. The van der Waals surface area contributed by atoms with E-state index >= 15 is 0 Å². The van der Waals surface area contributed by atoms with Gasteiger partial charge in [0.05, 0.1) is 18.1 Å². The standard InChI is InChI=1S/C15H13N3O4/c19-15(11-4-7-20-9-11)18-5-3-10(8-18)13-16-14(22-17-13)12-2-1-6-21-12/h1-2,4,6-7,9-10H,3,5,8H2. The first-order valence-corrected chi connectivity index (χ1v) is 7.00. The molecule has 1 aliphatic heterocycles. The van der Waals surface area contributed by atoms with Gasteiger partial charge in [0.1, 0.15) is 6.26 Å². The highest BCUT2D eigenvalue weighted by atomic mass is 16.5. The van der Waals surface area contributed by atoms with Crippen LogP contribution in [0.2, 0.25) is 0 Å². The zero-order valence-electron chi connectivity index (χ0n) is 11.6. The Morgan fingerprint density at radius 2 is 2.27 bits per heavy atom. The first kappa shape index (κ1) is 12.9. The van der Waals surface area contributed by atoms with Crippen molar-refractivity contribution in [1.29, 1.82) is 0 Å². The third kappa shape index (κ3) is 2.20. The number of rotatable bonds is 3. The quantitative estimate of drug-likeness (QED) is 0.738. The van der Waals surface area contributed by atoms with Crippen molar-refractivity contribution >= 4 is 5.91 Å². The van der Waals surface area contributed by atoms with Gasteiger partial charge < -0.3 is 18.3 Å². The van der Waals surface area contributed by atoms with Gasteiger partial charge in [-0.25, -0.2) is 0 Å². The molecule has 1 saturated heterocycles. The van der Waals surface area contributed by atoms with E-state index in [0.29, 0.717) is 36.1 Å². The van der Waals surface area contributed by atoms with Gasteiger partial charge in [-0.05, 0) is 24.6 Å². The van der Waals surface area contributed by atoms with Crippen molar-refractivity contribution < 1.29 is 18.2 Å². The van der Waals surface area contributed by atoms with Crippen molar-refractivity contribution in [2.24, 2.45) is 0 Å². The van der Waals surface area contributed by atoms with E-state index in [-0.39, 0.29) is 11.8 Å². The second kappa shape index (κ2) is 5.18. The lowest BCUT2D eigenvalue weighted by Gasteiger charge is -2.14. The number of hydrogen-bond donors (Lipinski definition) is 0. The molecule has 4 heterocycles. The topological polar surface area (TPSA) is 85.5 Å². The SMILES string of the molecule is O=C(c1ccoc1)N1CCC(c2noc(-c3ccco3)n2)C1. The van der Waals surface area contributed by atoms with E-state index in [2.05, 4.69) is 10.1 Å². The molecule has 3 aromatic heterocycles. The highest BCUT2D eigenvalue weighted by molar-refractivity contribution is 5.94. The summed E-state index contributed by atoms with van der Waals surface area (Å²) in [7, 11) is 0. The van der Waals surface area contributed by atoms with Gasteiger partial charge in [-0.2, -0.15) is 4.98 Å². The highest BCUT2D eigenvalue weighted by Gasteiger charge is 2.31. The van der Waals surface area contributed by atoms with E-state index in [4.69, 9.17) is 13.4 Å². The van der Waals surface area contributed by atoms with Gasteiger partial charge in [0.15, 0.2) is 11.6 Å². The number of furan rings is 2. The minimum Gasteiger partial charge on any atom is -0.472 e. The summed E-state index contributed by atoms with van der Waals surface area (Å²) in [6, 6.07) is 5.19. The van der Waals surface area contributed by atoms with Gasteiger partial charge in [0, 0.05) is 19.0 Å². The molecule has 1 atom stereocenters. The Labute approximate surface area is 125 Å². The zero-order valence-corrected chi connectivity index (χ0v) is 11.6. The molecule has 0 saturated carbocycles. The fourth-order valence-corrected chi connectivity index (χ4v) is 2.63. The van der Waals surface area contributed by atoms with E-state index in [1.165, 1.54) is 12.5 Å². The Morgan fingerprint density at radius 3 is 3.05 bits per heavy atom. The van der Waals surface area contributed by atoms with Crippen LogP contribution in [0.3, 0.4) is 0 Å². The molecule has 0 aliphatic carbocycles. The van der Waals surface area contributed by atoms with Gasteiger partial charge in [0.25, 0.3) is 11.8 Å². The van der Waals surface area contributed by atoms with Crippen molar-refractivity contribution in [3.63, 3.8) is 0 Å². The van der Waals surface area contributed by atoms with Crippen molar-refractivity contribution in [2.45, 2.75) is 12.3 Å². The highest BCUT2D eigenvalue weighted by Crippen LogP contribution is 2.28. The average Bonchev–Trinajstić information content (AvgIpc) is 3.35. The fraction of sp³-hybridized carbons (Fsp3) is 0.267. The monoisotopic (exact) mass is 299 g/mol. The third-order valence-corrected chi connectivity index (χ3v) is 3.78. The number of amides is 1. The molecule has 1 amide bonds. The lowest BCUT2D eigenvalue weighted by atomic mass is 10.1. The van der Waals surface area contributed by atoms with Crippen LogP contribution in [0, 0.1) is 0 Å². The molecule has 112 valence electrons. The van der Waals surface area contributed by atoms with E-state index in [0.717, 1.165) is 6.42 Å². The fourth-order valence-electron chi connectivity index (χ4n) is 2.63. The summed E-state index contributed by atoms with van der Waals surface area (Å²) in [5.74, 6) is 1.55. The van der Waals surface area contributed by atoms with Crippen LogP contribution in [-0.4, -0.2) is 34.0 Å². The molecular weight excluding hydrogens is 286 g/mol. The van der Waals surface area contributed by atoms with Gasteiger partial charge >= 0.3 is 0 Å². The van der Waals surface area contributed by atoms with Crippen molar-refractivity contribution in [2.75, 3.05) is 13.1 Å². The van der Waals surface area contributed by atoms with Crippen molar-refractivity contribution in [3.05, 3.63) is 48.4 Å². The number of hydrogen-bond acceptors (Lipinski definition) is 6. The molecular formula is C15H13N3O4. The Morgan fingerprint density at radius 1 is 1.32 bits per heavy atom. The van der Waals surface area contributed by atoms with E-state index in [1.807, 2.05) is 0 Å². The zero-order chi connectivity index (χ0) is 14.9. The van der Waals surface area contributed by atoms with E-state index in [9.17, 15) is 4.79 Å². The number of aromatic nitrogens is 2. The summed E-state index contributed by atoms with van der Waals surface area (Å²) < 4.78 is 15.4. The minimum absolute atomic E-state index is 0.0361. The molecule has 1 aliphatic rings. The Hall–Kier alpha value is -2.83. The van der Waals surface area contributed by atoms with Crippen LogP contribution in [0.15, 0.2) is 50.3 Å². The maximum Gasteiger partial charge on any atom is 0.293 e. The Bertz CT molecular complexity index is 761. The predicted molar refractivity (Wildman–Crippen MR) is 74.0 cm³/mol. The maximum absolute atomic E-state index is 12.3. The molecule has 0 aromatic carbocycles. The summed E-state index contributed by atoms with van der Waals surface area (Å²) in [5, 5.41) is 4.01. The number of carbonyl (C=O) groups excluding carboxylic acids is 1. The first-order valence-electron chi connectivity index (χ1n) is 7.00. The molecule has 0 N–H and O–H groups in total. The predicted octanol–water partition coefficient (Wildman–Crippen LogP) is 2.55. The lowest BCUT2D eigenvalue weighted by Crippen LogP contribution is -2.28. The molecule has 3 aromatic rings. The Balaban J connectivity index is 1.48. The number of carbonyl (C=O) groups is 1. The molecule has 1 fully saturated rings. The average molecular weight is 299 g/mol. The van der Waals surface area contributed by atoms with Crippen molar-refractivity contribution in [1.82, 2.24) is 15.0 Å². The molecule has 1 unspecified atom stereocenters. The molecule has 7 nitrogen and oxygen atoms in total. The molecule has 7 heteroatoms. The van der Waals surface area contributed by atoms with E-state index < -0.39 is 0 Å². The summed E-state index contributed by atoms with van der Waals surface area (Å²) in [4.78, 5) is 18.4. The van der Waals surface area contributed by atoms with Gasteiger partial charge in [0.2, 0.25) is 0 Å². The molecule has 0 radical (unpaired) electrons. The van der Waals surface area contributed by atoms with Crippen LogP contribution in [0.25, 0.3) is 11.7 Å². The molecule has 22 heavy (non-hydrogen) atoms. The smallest absolute Gasteiger partial charge is 0.293 e. The second-order valence-corrected chi connectivity index (χ2v) is 5.18. The second-order valence-electron chi connectivity index (χ2n) is 5.18. The largest absolute Gasteiger partial charge is 0.472 e. The maximum atomic E-state index is 12.3. The first-order chi connectivity index (χ1) is 10.8. The molecule has 4 rings (SSSR count). The van der Waals surface area contributed by atoms with Gasteiger partial charge in [-0.3, -0.25) is 4.79 Å². The summed E-state index contributed by atoms with van der Waals surface area (Å²) >= 11 is 0. The summed E-state index contributed by atoms with van der Waals surface area (Å²) in [6.45, 7) is 1.24. The molecule has 0 bridgehead atoms. The van der Waals surface area contributed by atoms with Gasteiger partial charge in [-0.1, -0.05) is 5.16 Å². The van der Waals surface area contributed by atoms with Crippen LogP contribution in [0.5, 0.6) is 0 Å². The van der Waals surface area contributed by atoms with Crippen LogP contribution >= 0.6 is 0 Å². The third-order valence-electron chi connectivity index (χ3n) is 3.78. The molecule has 0 spiro atoms. The lowest BCUT2D eigenvalue weighted by molar-refractivity contribution is 0.0789. The van der Waals surface area contributed by atoms with E-state index in [1.54, 1.807) is 29.4 Å². The van der Waals surface area contributed by atoms with Gasteiger partial charge in [-0.15, -0.1) is 0 Å². The number of likely N-dealkylation sites (tertiary alicyclic amines) is 1. The van der Waals surface area contributed by atoms with Crippen LogP contribution in [0.4, 0.5) is 0 Å². The van der Waals surface area contributed by atoms with Crippen LogP contribution < -0.4 is 0 Å². The van der Waals surface area contributed by atoms with Crippen molar-refractivity contribution in [3.8, 4) is 11.7 Å². The normalized spacial score (nSPS) is 18.0. The minimum atomic E-state index is -0.0361. The van der Waals surface area contributed by atoms with Crippen LogP contribution in [-0.2, 0) is 0 Å². The van der Waals surface area contributed by atoms with Crippen LogP contribution in [0.1, 0.15) is 28.5 Å². The Kier molecular flexibility index (Phi) is 3.03. The summed E-state index contributed by atoms with van der Waals surface area (Å²) in [5.41, 5.74) is 0.560. The summed E-state index contributed by atoms with van der Waals surface area (Å²) in [6.07, 6.45) is 5.31.